The van der Waals surface area contributed by atoms with Crippen LogP contribution in [-0.4, -0.2) is 28.4 Å². The molecule has 1 fully saturated rings. The van der Waals surface area contributed by atoms with Gasteiger partial charge >= 0.3 is 0 Å². The molecule has 0 atom stereocenters. The van der Waals surface area contributed by atoms with E-state index < -0.39 is 0 Å². The van der Waals surface area contributed by atoms with Crippen molar-refractivity contribution in [2.45, 2.75) is 45.1 Å². The maximum Gasteiger partial charge on any atom is 0.246 e. The second-order valence-corrected chi connectivity index (χ2v) is 6.83. The maximum atomic E-state index is 12.5. The Morgan fingerprint density at radius 1 is 1.32 bits per heavy atom. The lowest BCUT2D eigenvalue weighted by Crippen LogP contribution is -2.40. The van der Waals surface area contributed by atoms with Crippen LogP contribution in [0.5, 0.6) is 0 Å². The molecule has 0 bridgehead atoms. The van der Waals surface area contributed by atoms with Crippen molar-refractivity contribution in [2.75, 3.05) is 6.54 Å². The Morgan fingerprint density at radius 2 is 2.09 bits per heavy atom. The first-order valence-electron chi connectivity index (χ1n) is 8.12. The molecular weight excluding hydrogens is 292 g/mol. The van der Waals surface area contributed by atoms with Gasteiger partial charge in [-0.25, -0.2) is 4.98 Å². The van der Waals surface area contributed by atoms with Crippen LogP contribution in [-0.2, 0) is 4.79 Å². The van der Waals surface area contributed by atoms with Gasteiger partial charge in [-0.3, -0.25) is 4.79 Å². The number of aromatic nitrogens is 1. The van der Waals surface area contributed by atoms with Gasteiger partial charge in [-0.1, -0.05) is 31.4 Å². The number of para-hydroxylation sites is 1. The predicted molar refractivity (Wildman–Crippen MR) is 92.9 cm³/mol. The van der Waals surface area contributed by atoms with Gasteiger partial charge in [0.15, 0.2) is 0 Å². The molecular formula is C18H22N2OS. The van der Waals surface area contributed by atoms with Gasteiger partial charge in [0.1, 0.15) is 5.01 Å². The van der Waals surface area contributed by atoms with Crippen molar-refractivity contribution < 1.29 is 4.79 Å². The molecule has 0 unspecified atom stereocenters. The van der Waals surface area contributed by atoms with Crippen LogP contribution in [0.3, 0.4) is 0 Å². The summed E-state index contributed by atoms with van der Waals surface area (Å²) in [6.45, 7) is 2.85. The molecule has 1 amide bonds. The summed E-state index contributed by atoms with van der Waals surface area (Å²) in [5, 5.41) is 0.897. The quantitative estimate of drug-likeness (QED) is 0.779. The second-order valence-electron chi connectivity index (χ2n) is 5.77. The van der Waals surface area contributed by atoms with Crippen LogP contribution in [0.2, 0.25) is 0 Å². The minimum absolute atomic E-state index is 0.119. The molecule has 4 heteroatoms. The Bertz CT molecular complexity index is 638. The molecule has 3 rings (SSSR count). The van der Waals surface area contributed by atoms with Crippen LogP contribution in [0.15, 0.2) is 30.3 Å². The van der Waals surface area contributed by atoms with E-state index in [1.54, 1.807) is 17.4 Å². The summed E-state index contributed by atoms with van der Waals surface area (Å²) in [7, 11) is 0. The molecule has 1 aromatic heterocycles. The van der Waals surface area contributed by atoms with E-state index in [1.165, 1.54) is 19.3 Å². The topological polar surface area (TPSA) is 33.2 Å². The third kappa shape index (κ3) is 3.38. The normalized spacial score (nSPS) is 16.4. The fourth-order valence-electron chi connectivity index (χ4n) is 3.19. The van der Waals surface area contributed by atoms with E-state index in [-0.39, 0.29) is 5.91 Å². The fraction of sp³-hybridized carbons (Fsp3) is 0.444. The second kappa shape index (κ2) is 7.05. The summed E-state index contributed by atoms with van der Waals surface area (Å²) in [5.41, 5.74) is 0.999. The number of amides is 1. The zero-order chi connectivity index (χ0) is 15.4. The number of hydrogen-bond acceptors (Lipinski definition) is 3. The average Bonchev–Trinajstić information content (AvgIpc) is 2.97. The maximum absolute atomic E-state index is 12.5. The number of hydrogen-bond donors (Lipinski definition) is 0. The van der Waals surface area contributed by atoms with E-state index in [2.05, 4.69) is 18.0 Å². The van der Waals surface area contributed by atoms with Crippen LogP contribution >= 0.6 is 11.3 Å². The first-order valence-corrected chi connectivity index (χ1v) is 8.94. The monoisotopic (exact) mass is 314 g/mol. The number of carbonyl (C=O) groups excluding carboxylic acids is 1. The van der Waals surface area contributed by atoms with Gasteiger partial charge in [0.25, 0.3) is 0 Å². The van der Waals surface area contributed by atoms with E-state index in [4.69, 9.17) is 0 Å². The van der Waals surface area contributed by atoms with Gasteiger partial charge < -0.3 is 4.90 Å². The molecule has 22 heavy (non-hydrogen) atoms. The molecule has 1 saturated carbocycles. The summed E-state index contributed by atoms with van der Waals surface area (Å²) < 4.78 is 1.16. The van der Waals surface area contributed by atoms with Crippen molar-refractivity contribution in [3.63, 3.8) is 0 Å². The van der Waals surface area contributed by atoms with Crippen molar-refractivity contribution in [1.29, 1.82) is 0 Å². The first kappa shape index (κ1) is 15.2. The highest BCUT2D eigenvalue weighted by atomic mass is 32.1. The molecule has 116 valence electrons. The lowest BCUT2D eigenvalue weighted by Gasteiger charge is -2.32. The van der Waals surface area contributed by atoms with Gasteiger partial charge in [0.2, 0.25) is 5.91 Å². The molecule has 2 aromatic rings. The highest BCUT2D eigenvalue weighted by Crippen LogP contribution is 2.24. The van der Waals surface area contributed by atoms with E-state index in [9.17, 15) is 4.79 Å². The van der Waals surface area contributed by atoms with Crippen LogP contribution < -0.4 is 0 Å². The summed E-state index contributed by atoms with van der Waals surface area (Å²) in [5.74, 6) is 0.119. The smallest absolute Gasteiger partial charge is 0.246 e. The van der Waals surface area contributed by atoms with Gasteiger partial charge in [0.05, 0.1) is 10.2 Å². The Labute approximate surface area is 135 Å². The van der Waals surface area contributed by atoms with E-state index in [1.807, 2.05) is 29.2 Å². The number of benzene rings is 1. The number of fused-ring (bicyclic) bond motifs is 1. The summed E-state index contributed by atoms with van der Waals surface area (Å²) >= 11 is 1.63. The first-order chi connectivity index (χ1) is 10.8. The molecule has 1 heterocycles. The van der Waals surface area contributed by atoms with Crippen molar-refractivity contribution in [3.05, 3.63) is 35.3 Å². The highest BCUT2D eigenvalue weighted by molar-refractivity contribution is 7.19. The summed E-state index contributed by atoms with van der Waals surface area (Å²) in [6.07, 6.45) is 9.65. The standard InChI is InChI=1S/C18H22N2OS/c1-2-20(14-8-4-3-5-9-14)18(21)13-12-17-19-15-10-6-7-11-16(15)22-17/h6-7,10-14H,2-5,8-9H2,1H3/b13-12+. The van der Waals surface area contributed by atoms with Crippen molar-refractivity contribution in [3.8, 4) is 0 Å². The van der Waals surface area contributed by atoms with Gasteiger partial charge in [-0.05, 0) is 38.0 Å². The molecule has 0 aliphatic heterocycles. The fourth-order valence-corrected chi connectivity index (χ4v) is 4.06. The zero-order valence-electron chi connectivity index (χ0n) is 13.0. The number of rotatable bonds is 4. The Balaban J connectivity index is 1.71. The molecule has 0 radical (unpaired) electrons. The van der Waals surface area contributed by atoms with Crippen LogP contribution in [0.4, 0.5) is 0 Å². The molecule has 0 saturated heterocycles. The third-order valence-corrected chi connectivity index (χ3v) is 5.32. The van der Waals surface area contributed by atoms with Crippen LogP contribution in [0.25, 0.3) is 16.3 Å². The Kier molecular flexibility index (Phi) is 4.88. The molecule has 0 N–H and O–H groups in total. The molecule has 0 spiro atoms. The minimum Gasteiger partial charge on any atom is -0.336 e. The SMILES string of the molecule is CCN(C(=O)/C=C/c1nc2ccccc2s1)C1CCCCC1. The Morgan fingerprint density at radius 3 is 2.82 bits per heavy atom. The van der Waals surface area contributed by atoms with Gasteiger partial charge in [0, 0.05) is 18.7 Å². The lowest BCUT2D eigenvalue weighted by molar-refractivity contribution is -0.128. The number of carbonyl (C=O) groups is 1. The lowest BCUT2D eigenvalue weighted by atomic mass is 9.94. The summed E-state index contributed by atoms with van der Waals surface area (Å²) in [4.78, 5) is 19.0. The Hall–Kier alpha value is -1.68. The summed E-state index contributed by atoms with van der Waals surface area (Å²) in [6, 6.07) is 8.49. The third-order valence-electron chi connectivity index (χ3n) is 4.32. The van der Waals surface area contributed by atoms with Crippen molar-refractivity contribution in [2.24, 2.45) is 0 Å². The van der Waals surface area contributed by atoms with E-state index in [0.29, 0.717) is 6.04 Å². The minimum atomic E-state index is 0.119. The number of thiazole rings is 1. The van der Waals surface area contributed by atoms with Crippen LogP contribution in [0.1, 0.15) is 44.0 Å². The largest absolute Gasteiger partial charge is 0.336 e. The van der Waals surface area contributed by atoms with E-state index >= 15 is 0 Å². The van der Waals surface area contributed by atoms with Crippen molar-refractivity contribution >= 4 is 33.5 Å². The molecule has 1 aliphatic rings. The number of nitrogens with zero attached hydrogens (tertiary/aromatic N) is 2. The number of likely N-dealkylation sites (N-methyl/N-ethyl adjacent to an activating group) is 1. The molecule has 1 aromatic carbocycles. The molecule has 3 nitrogen and oxygen atoms in total. The van der Waals surface area contributed by atoms with Crippen molar-refractivity contribution in [1.82, 2.24) is 9.88 Å². The zero-order valence-corrected chi connectivity index (χ0v) is 13.8. The highest BCUT2D eigenvalue weighted by Gasteiger charge is 2.22. The van der Waals surface area contributed by atoms with Crippen LogP contribution in [0, 0.1) is 0 Å². The molecule has 1 aliphatic carbocycles. The average molecular weight is 314 g/mol. The van der Waals surface area contributed by atoms with E-state index in [0.717, 1.165) is 34.6 Å². The predicted octanol–water partition coefficient (Wildman–Crippen LogP) is 4.49. The van der Waals surface area contributed by atoms with Gasteiger partial charge in [-0.2, -0.15) is 0 Å². The van der Waals surface area contributed by atoms with Gasteiger partial charge in [-0.15, -0.1) is 11.3 Å².